The monoisotopic (exact) mass is 293 g/mol. The third-order valence-electron chi connectivity index (χ3n) is 4.23. The molecule has 1 aromatic carbocycles. The quantitative estimate of drug-likeness (QED) is 0.806. The van der Waals surface area contributed by atoms with Crippen molar-refractivity contribution < 1.29 is 4.42 Å². The molecule has 0 aliphatic carbocycles. The lowest BCUT2D eigenvalue weighted by Gasteiger charge is -2.33. The maximum Gasteiger partial charge on any atom is 0.127 e. The summed E-state index contributed by atoms with van der Waals surface area (Å²) in [5.74, 6) is 0.963. The van der Waals surface area contributed by atoms with Crippen LogP contribution in [0.15, 0.2) is 59.2 Å². The summed E-state index contributed by atoms with van der Waals surface area (Å²) in [5, 5.41) is 4.57. The van der Waals surface area contributed by atoms with Gasteiger partial charge >= 0.3 is 0 Å². The zero-order valence-corrected chi connectivity index (χ0v) is 12.4. The highest BCUT2D eigenvalue weighted by molar-refractivity contribution is 5.78. The molecule has 22 heavy (non-hydrogen) atoms. The molecule has 0 amide bonds. The second-order valence-corrected chi connectivity index (χ2v) is 5.63. The Morgan fingerprint density at radius 2 is 1.86 bits per heavy atom. The molecular formula is C18H19N3O. The molecule has 1 saturated heterocycles. The van der Waals surface area contributed by atoms with E-state index >= 15 is 0 Å². The van der Waals surface area contributed by atoms with E-state index in [-0.39, 0.29) is 6.04 Å². The van der Waals surface area contributed by atoms with Gasteiger partial charge in [-0.05, 0) is 24.3 Å². The molecule has 1 unspecified atom stereocenters. The Morgan fingerprint density at radius 1 is 1.00 bits per heavy atom. The largest absolute Gasteiger partial charge is 0.467 e. The van der Waals surface area contributed by atoms with E-state index in [0.717, 1.165) is 43.1 Å². The van der Waals surface area contributed by atoms with Crippen LogP contribution in [0.2, 0.25) is 0 Å². The highest BCUT2D eigenvalue weighted by Gasteiger charge is 2.27. The maximum absolute atomic E-state index is 5.71. The summed E-state index contributed by atoms with van der Waals surface area (Å²) < 4.78 is 5.71. The SMILES string of the molecule is c1coc(C(c2ccc3ccccc3n2)N2CCNCC2)c1. The van der Waals surface area contributed by atoms with Crippen molar-refractivity contribution in [3.8, 4) is 0 Å². The van der Waals surface area contributed by atoms with Crippen LogP contribution in [0.1, 0.15) is 17.5 Å². The van der Waals surface area contributed by atoms with Crippen molar-refractivity contribution in [2.24, 2.45) is 0 Å². The first-order chi connectivity index (χ1) is 10.9. The fourth-order valence-corrected chi connectivity index (χ4v) is 3.13. The average molecular weight is 293 g/mol. The second kappa shape index (κ2) is 5.91. The molecule has 1 N–H and O–H groups in total. The Hall–Kier alpha value is -2.17. The fourth-order valence-electron chi connectivity index (χ4n) is 3.13. The van der Waals surface area contributed by atoms with E-state index in [4.69, 9.17) is 9.40 Å². The van der Waals surface area contributed by atoms with Crippen LogP contribution < -0.4 is 5.32 Å². The molecule has 4 heteroatoms. The van der Waals surface area contributed by atoms with Crippen LogP contribution in [-0.2, 0) is 0 Å². The van der Waals surface area contributed by atoms with Crippen LogP contribution in [0, 0.1) is 0 Å². The molecule has 0 radical (unpaired) electrons. The molecule has 1 aliphatic rings. The van der Waals surface area contributed by atoms with Gasteiger partial charge in [0, 0.05) is 31.6 Å². The predicted octanol–water partition coefficient (Wildman–Crippen LogP) is 2.82. The van der Waals surface area contributed by atoms with Crippen molar-refractivity contribution in [1.29, 1.82) is 0 Å². The normalized spacial score (nSPS) is 17.6. The minimum absolute atomic E-state index is 0.0849. The molecule has 0 spiro atoms. The lowest BCUT2D eigenvalue weighted by atomic mass is 10.1. The highest BCUT2D eigenvalue weighted by atomic mass is 16.3. The molecule has 1 aliphatic heterocycles. The molecule has 2 aromatic heterocycles. The first-order valence-electron chi connectivity index (χ1n) is 7.76. The third-order valence-corrected chi connectivity index (χ3v) is 4.23. The van der Waals surface area contributed by atoms with Gasteiger partial charge in [0.2, 0.25) is 0 Å². The van der Waals surface area contributed by atoms with E-state index < -0.39 is 0 Å². The van der Waals surface area contributed by atoms with Gasteiger partial charge in [-0.15, -0.1) is 0 Å². The van der Waals surface area contributed by atoms with Crippen molar-refractivity contribution in [2.75, 3.05) is 26.2 Å². The maximum atomic E-state index is 5.71. The third kappa shape index (κ3) is 2.51. The van der Waals surface area contributed by atoms with Gasteiger partial charge in [-0.1, -0.05) is 24.3 Å². The van der Waals surface area contributed by atoms with E-state index in [1.54, 1.807) is 6.26 Å². The van der Waals surface area contributed by atoms with Gasteiger partial charge in [-0.25, -0.2) is 0 Å². The summed E-state index contributed by atoms with van der Waals surface area (Å²) in [5.41, 5.74) is 2.09. The number of hydrogen-bond acceptors (Lipinski definition) is 4. The van der Waals surface area contributed by atoms with Crippen molar-refractivity contribution in [1.82, 2.24) is 15.2 Å². The number of benzene rings is 1. The smallest absolute Gasteiger partial charge is 0.127 e. The summed E-state index contributed by atoms with van der Waals surface area (Å²) >= 11 is 0. The van der Waals surface area contributed by atoms with E-state index in [2.05, 4.69) is 34.5 Å². The molecular weight excluding hydrogens is 274 g/mol. The van der Waals surface area contributed by atoms with Crippen molar-refractivity contribution in [3.63, 3.8) is 0 Å². The zero-order chi connectivity index (χ0) is 14.8. The topological polar surface area (TPSA) is 41.3 Å². The summed E-state index contributed by atoms with van der Waals surface area (Å²) in [6, 6.07) is 16.6. The van der Waals surface area contributed by atoms with Crippen molar-refractivity contribution in [3.05, 3.63) is 66.2 Å². The highest BCUT2D eigenvalue weighted by Crippen LogP contribution is 2.29. The first kappa shape index (κ1) is 13.5. The van der Waals surface area contributed by atoms with Gasteiger partial charge in [0.25, 0.3) is 0 Å². The second-order valence-electron chi connectivity index (χ2n) is 5.63. The first-order valence-corrected chi connectivity index (χ1v) is 7.76. The number of rotatable bonds is 3. The number of nitrogens with one attached hydrogen (secondary N) is 1. The molecule has 112 valence electrons. The molecule has 0 bridgehead atoms. The Morgan fingerprint density at radius 3 is 2.68 bits per heavy atom. The van der Waals surface area contributed by atoms with Crippen LogP contribution in [0.25, 0.3) is 10.9 Å². The Bertz CT molecular complexity index is 748. The molecule has 4 nitrogen and oxygen atoms in total. The summed E-state index contributed by atoms with van der Waals surface area (Å²) in [7, 11) is 0. The van der Waals surface area contributed by atoms with Gasteiger partial charge in [0.1, 0.15) is 11.8 Å². The predicted molar refractivity (Wildman–Crippen MR) is 86.7 cm³/mol. The van der Waals surface area contributed by atoms with Gasteiger partial charge in [-0.3, -0.25) is 9.88 Å². The standard InChI is InChI=1S/C18H19N3O/c1-2-5-15-14(4-1)7-8-16(20-15)18(17-6-3-13-22-17)21-11-9-19-10-12-21/h1-8,13,18-19H,9-12H2. The van der Waals surface area contributed by atoms with E-state index in [0.29, 0.717) is 0 Å². The number of aromatic nitrogens is 1. The van der Waals surface area contributed by atoms with E-state index in [1.165, 1.54) is 5.39 Å². The Balaban J connectivity index is 1.78. The van der Waals surface area contributed by atoms with Crippen LogP contribution in [0.5, 0.6) is 0 Å². The van der Waals surface area contributed by atoms with Gasteiger partial charge in [0.15, 0.2) is 0 Å². The van der Waals surface area contributed by atoms with Gasteiger partial charge in [0.05, 0.1) is 17.5 Å². The molecule has 1 atom stereocenters. The number of fused-ring (bicyclic) bond motifs is 1. The van der Waals surface area contributed by atoms with Crippen LogP contribution >= 0.6 is 0 Å². The van der Waals surface area contributed by atoms with Gasteiger partial charge in [-0.2, -0.15) is 0 Å². The molecule has 3 aromatic rings. The number of furan rings is 1. The van der Waals surface area contributed by atoms with Gasteiger partial charge < -0.3 is 9.73 Å². The lowest BCUT2D eigenvalue weighted by Crippen LogP contribution is -2.45. The lowest BCUT2D eigenvalue weighted by molar-refractivity contribution is 0.177. The number of para-hydroxylation sites is 1. The van der Waals surface area contributed by atoms with Crippen molar-refractivity contribution in [2.45, 2.75) is 6.04 Å². The molecule has 0 saturated carbocycles. The number of nitrogens with zero attached hydrogens (tertiary/aromatic N) is 2. The number of piperazine rings is 1. The summed E-state index contributed by atoms with van der Waals surface area (Å²) in [6.45, 7) is 4.01. The molecule has 4 rings (SSSR count). The minimum Gasteiger partial charge on any atom is -0.467 e. The zero-order valence-electron chi connectivity index (χ0n) is 12.4. The molecule has 3 heterocycles. The van der Waals surface area contributed by atoms with Crippen molar-refractivity contribution >= 4 is 10.9 Å². The molecule has 1 fully saturated rings. The Labute approximate surface area is 129 Å². The minimum atomic E-state index is 0.0849. The van der Waals surface area contributed by atoms with Crippen LogP contribution in [0.3, 0.4) is 0 Å². The van der Waals surface area contributed by atoms with Crippen LogP contribution in [-0.4, -0.2) is 36.1 Å². The summed E-state index contributed by atoms with van der Waals surface area (Å²) in [6.07, 6.45) is 1.74. The summed E-state index contributed by atoms with van der Waals surface area (Å²) in [4.78, 5) is 7.32. The van der Waals surface area contributed by atoms with Crippen LogP contribution in [0.4, 0.5) is 0 Å². The number of hydrogen-bond donors (Lipinski definition) is 1. The Kier molecular flexibility index (Phi) is 3.62. The average Bonchev–Trinajstić information content (AvgIpc) is 3.10. The van der Waals surface area contributed by atoms with E-state index in [1.807, 2.05) is 24.3 Å². The fraction of sp³-hybridized carbons (Fsp3) is 0.278. The number of pyridine rings is 1. The van der Waals surface area contributed by atoms with E-state index in [9.17, 15) is 0 Å².